The smallest absolute Gasteiger partial charge is 0.191 e. The number of nitrogens with zero attached hydrogens (tertiary/aromatic N) is 2. The van der Waals surface area contributed by atoms with E-state index in [1.165, 1.54) is 44.9 Å². The van der Waals surface area contributed by atoms with Crippen LogP contribution in [0.25, 0.3) is 0 Å². The van der Waals surface area contributed by atoms with Gasteiger partial charge in [0.05, 0.1) is 0 Å². The highest BCUT2D eigenvalue weighted by Gasteiger charge is 2.53. The largest absolute Gasteiger partial charge is 0.381 e. The lowest BCUT2D eigenvalue weighted by molar-refractivity contribution is 0.0525. The van der Waals surface area contributed by atoms with Gasteiger partial charge < -0.3 is 15.4 Å². The molecule has 0 radical (unpaired) electrons. The number of aliphatic imine (C=N–C) groups is 1. The molecule has 2 aliphatic heterocycles. The summed E-state index contributed by atoms with van der Waals surface area (Å²) in [6.07, 6.45) is 9.02. The lowest BCUT2D eigenvalue weighted by atomic mass is 9.94. The van der Waals surface area contributed by atoms with E-state index in [0.717, 1.165) is 44.7 Å². The molecule has 3 aliphatic rings. The SMILES string of the molecule is NC(=NCC1CC12CCOCC2)N1CCCCCC1. The molecule has 1 aliphatic carbocycles. The van der Waals surface area contributed by atoms with Gasteiger partial charge in [-0.05, 0) is 43.4 Å². The molecule has 0 aromatic heterocycles. The maximum absolute atomic E-state index is 6.16. The quantitative estimate of drug-likeness (QED) is 0.613. The molecule has 2 saturated heterocycles. The topological polar surface area (TPSA) is 50.9 Å². The van der Waals surface area contributed by atoms with Gasteiger partial charge in [0.25, 0.3) is 0 Å². The van der Waals surface area contributed by atoms with Crippen molar-refractivity contribution >= 4 is 5.96 Å². The highest BCUT2D eigenvalue weighted by Crippen LogP contribution is 2.59. The molecular formula is C15H27N3O. The summed E-state index contributed by atoms with van der Waals surface area (Å²) in [4.78, 5) is 6.96. The molecule has 19 heavy (non-hydrogen) atoms. The van der Waals surface area contributed by atoms with Crippen LogP contribution in [0.4, 0.5) is 0 Å². The van der Waals surface area contributed by atoms with Crippen LogP contribution in [0, 0.1) is 11.3 Å². The Morgan fingerprint density at radius 1 is 1.16 bits per heavy atom. The van der Waals surface area contributed by atoms with E-state index in [2.05, 4.69) is 9.89 Å². The maximum Gasteiger partial charge on any atom is 0.191 e. The van der Waals surface area contributed by atoms with Gasteiger partial charge in [0.2, 0.25) is 0 Å². The van der Waals surface area contributed by atoms with Crippen molar-refractivity contribution in [2.24, 2.45) is 22.1 Å². The Morgan fingerprint density at radius 3 is 2.53 bits per heavy atom. The molecule has 3 fully saturated rings. The van der Waals surface area contributed by atoms with Crippen LogP contribution >= 0.6 is 0 Å². The molecule has 1 spiro atoms. The van der Waals surface area contributed by atoms with Crippen molar-refractivity contribution in [3.05, 3.63) is 0 Å². The van der Waals surface area contributed by atoms with Gasteiger partial charge in [-0.1, -0.05) is 12.8 Å². The molecule has 0 aromatic rings. The first-order valence-corrected chi connectivity index (χ1v) is 7.93. The molecule has 4 heteroatoms. The monoisotopic (exact) mass is 265 g/mol. The lowest BCUT2D eigenvalue weighted by Crippen LogP contribution is -2.38. The van der Waals surface area contributed by atoms with Crippen LogP contribution in [0.1, 0.15) is 44.9 Å². The van der Waals surface area contributed by atoms with Crippen LogP contribution < -0.4 is 5.73 Å². The van der Waals surface area contributed by atoms with E-state index in [0.29, 0.717) is 5.41 Å². The van der Waals surface area contributed by atoms with Crippen molar-refractivity contribution in [2.45, 2.75) is 44.9 Å². The molecule has 108 valence electrons. The summed E-state index contributed by atoms with van der Waals surface area (Å²) in [6, 6.07) is 0. The van der Waals surface area contributed by atoms with Gasteiger partial charge >= 0.3 is 0 Å². The van der Waals surface area contributed by atoms with Crippen LogP contribution in [0.2, 0.25) is 0 Å². The van der Waals surface area contributed by atoms with Crippen LogP contribution in [0.5, 0.6) is 0 Å². The third-order valence-corrected chi connectivity index (χ3v) is 5.25. The van der Waals surface area contributed by atoms with E-state index in [1.54, 1.807) is 0 Å². The van der Waals surface area contributed by atoms with E-state index in [4.69, 9.17) is 10.5 Å². The maximum atomic E-state index is 6.16. The van der Waals surface area contributed by atoms with E-state index >= 15 is 0 Å². The van der Waals surface area contributed by atoms with Crippen LogP contribution in [0.3, 0.4) is 0 Å². The fourth-order valence-electron chi connectivity index (χ4n) is 3.68. The molecule has 2 N–H and O–H groups in total. The van der Waals surface area contributed by atoms with Crippen molar-refractivity contribution in [3.63, 3.8) is 0 Å². The number of hydrogen-bond acceptors (Lipinski definition) is 2. The highest BCUT2D eigenvalue weighted by molar-refractivity contribution is 5.78. The minimum absolute atomic E-state index is 0.570. The van der Waals surface area contributed by atoms with Crippen molar-refractivity contribution < 1.29 is 4.74 Å². The second kappa shape index (κ2) is 5.70. The highest BCUT2D eigenvalue weighted by atomic mass is 16.5. The molecule has 0 bridgehead atoms. The average molecular weight is 265 g/mol. The molecule has 3 rings (SSSR count). The number of ether oxygens (including phenoxy) is 1. The van der Waals surface area contributed by atoms with E-state index < -0.39 is 0 Å². The first-order chi connectivity index (χ1) is 9.30. The Bertz CT molecular complexity index is 328. The van der Waals surface area contributed by atoms with E-state index in [-0.39, 0.29) is 0 Å². The van der Waals surface area contributed by atoms with Crippen molar-refractivity contribution in [1.29, 1.82) is 0 Å². The van der Waals surface area contributed by atoms with Gasteiger partial charge in [-0.25, -0.2) is 0 Å². The zero-order valence-corrected chi connectivity index (χ0v) is 11.9. The fourth-order valence-corrected chi connectivity index (χ4v) is 3.68. The van der Waals surface area contributed by atoms with Crippen molar-refractivity contribution in [3.8, 4) is 0 Å². The fraction of sp³-hybridized carbons (Fsp3) is 0.933. The number of likely N-dealkylation sites (tertiary alicyclic amines) is 1. The Labute approximate surface area is 116 Å². The van der Waals surface area contributed by atoms with Crippen molar-refractivity contribution in [1.82, 2.24) is 4.90 Å². The molecular weight excluding hydrogens is 238 g/mol. The third kappa shape index (κ3) is 3.04. The summed E-state index contributed by atoms with van der Waals surface area (Å²) < 4.78 is 5.46. The Kier molecular flexibility index (Phi) is 3.96. The zero-order chi connectivity index (χ0) is 13.1. The summed E-state index contributed by atoms with van der Waals surface area (Å²) in [7, 11) is 0. The standard InChI is InChI=1S/C15H27N3O/c16-14(18-7-3-1-2-4-8-18)17-12-13-11-15(13)5-9-19-10-6-15/h13H,1-12H2,(H2,16,17). The second-order valence-corrected chi connectivity index (χ2v) is 6.48. The van der Waals surface area contributed by atoms with Crippen molar-refractivity contribution in [2.75, 3.05) is 32.8 Å². The van der Waals surface area contributed by atoms with Gasteiger partial charge in [-0.2, -0.15) is 0 Å². The Hall–Kier alpha value is -0.770. The first kappa shape index (κ1) is 13.2. The molecule has 1 atom stereocenters. The number of hydrogen-bond donors (Lipinski definition) is 1. The summed E-state index contributed by atoms with van der Waals surface area (Å²) in [5.74, 6) is 1.55. The number of nitrogens with two attached hydrogens (primary N) is 1. The van der Waals surface area contributed by atoms with Gasteiger partial charge in [-0.15, -0.1) is 0 Å². The minimum atomic E-state index is 0.570. The summed E-state index contributed by atoms with van der Waals surface area (Å²) in [5, 5.41) is 0. The second-order valence-electron chi connectivity index (χ2n) is 6.48. The van der Waals surface area contributed by atoms with Gasteiger partial charge in [0, 0.05) is 32.8 Å². The zero-order valence-electron chi connectivity index (χ0n) is 11.9. The summed E-state index contributed by atoms with van der Waals surface area (Å²) in [6.45, 7) is 5.02. The van der Waals surface area contributed by atoms with Crippen LogP contribution in [0.15, 0.2) is 4.99 Å². The predicted molar refractivity (Wildman–Crippen MR) is 77.1 cm³/mol. The minimum Gasteiger partial charge on any atom is -0.381 e. The number of rotatable bonds is 2. The summed E-state index contributed by atoms with van der Waals surface area (Å²) in [5.41, 5.74) is 6.73. The Morgan fingerprint density at radius 2 is 1.84 bits per heavy atom. The molecule has 1 unspecified atom stereocenters. The molecule has 1 saturated carbocycles. The molecule has 0 amide bonds. The van der Waals surface area contributed by atoms with Gasteiger partial charge in [0.1, 0.15) is 0 Å². The molecule has 4 nitrogen and oxygen atoms in total. The molecule has 2 heterocycles. The van der Waals surface area contributed by atoms with E-state index in [1.807, 2.05) is 0 Å². The number of guanidine groups is 1. The third-order valence-electron chi connectivity index (χ3n) is 5.25. The van der Waals surface area contributed by atoms with E-state index in [9.17, 15) is 0 Å². The van der Waals surface area contributed by atoms with Crippen LogP contribution in [-0.4, -0.2) is 43.7 Å². The average Bonchev–Trinajstić information content (AvgIpc) is 3.16. The lowest BCUT2D eigenvalue weighted by Gasteiger charge is -2.23. The van der Waals surface area contributed by atoms with Gasteiger partial charge in [-0.3, -0.25) is 4.99 Å². The predicted octanol–water partition coefficient (Wildman–Crippen LogP) is 1.99. The molecule has 0 aromatic carbocycles. The van der Waals surface area contributed by atoms with Gasteiger partial charge in [0.15, 0.2) is 5.96 Å². The van der Waals surface area contributed by atoms with Crippen LogP contribution in [-0.2, 0) is 4.74 Å². The first-order valence-electron chi connectivity index (χ1n) is 7.93. The normalized spacial score (nSPS) is 31.3. The summed E-state index contributed by atoms with van der Waals surface area (Å²) >= 11 is 0. The Balaban J connectivity index is 1.49.